The molecule has 41 heavy (non-hydrogen) atoms. The molecule has 0 radical (unpaired) electrons. The molecule has 0 bridgehead atoms. The predicted molar refractivity (Wildman–Crippen MR) is 163 cm³/mol. The number of fused-ring (bicyclic) bond motifs is 2. The fourth-order valence-electron chi connectivity index (χ4n) is 4.96. The zero-order valence-corrected chi connectivity index (χ0v) is 23.5. The number of halogens is 1. The van der Waals surface area contributed by atoms with Gasteiger partial charge in [-0.1, -0.05) is 0 Å². The molecule has 5 aromatic heterocycles. The van der Waals surface area contributed by atoms with E-state index in [9.17, 15) is 4.39 Å². The van der Waals surface area contributed by atoms with E-state index < -0.39 is 0 Å². The van der Waals surface area contributed by atoms with E-state index >= 15 is 0 Å². The van der Waals surface area contributed by atoms with Gasteiger partial charge in [-0.15, -0.1) is 0 Å². The Morgan fingerprint density at radius 1 is 0.854 bits per heavy atom. The number of pyridine rings is 3. The van der Waals surface area contributed by atoms with Crippen molar-refractivity contribution in [1.82, 2.24) is 35.0 Å². The Balaban J connectivity index is 1.37. The molecule has 0 atom stereocenters. The standard InChI is InChI=1S/C31H32FN9/c1-18(2)37-24-9-20(13-33-15-24)21-10-26-30(39-40-31(26)36-14-21)28-12-25-27(16-34-17-29(25)38-28)19-7-22(32)11-23(8-19)35-5-6-41(3)4/h7-18,35,37-38H,5-6H2,1-4H3,(H,36,39,40). The van der Waals surface area contributed by atoms with Crippen LogP contribution in [0.3, 0.4) is 0 Å². The van der Waals surface area contributed by atoms with Gasteiger partial charge in [0.15, 0.2) is 5.65 Å². The first kappa shape index (κ1) is 26.4. The van der Waals surface area contributed by atoms with E-state index in [1.165, 1.54) is 6.07 Å². The summed E-state index contributed by atoms with van der Waals surface area (Å²) in [6, 6.07) is 11.5. The number of H-pyrrole nitrogens is 2. The van der Waals surface area contributed by atoms with Crippen LogP contribution in [0.1, 0.15) is 13.8 Å². The smallest absolute Gasteiger partial charge is 0.181 e. The summed E-state index contributed by atoms with van der Waals surface area (Å²) in [6.07, 6.45) is 9.01. The molecule has 5 heterocycles. The number of nitrogens with one attached hydrogen (secondary N) is 4. The van der Waals surface area contributed by atoms with Gasteiger partial charge in [0.25, 0.3) is 0 Å². The summed E-state index contributed by atoms with van der Waals surface area (Å²) in [6.45, 7) is 5.74. The topological polar surface area (TPSA) is 110 Å². The third kappa shape index (κ3) is 5.59. The van der Waals surface area contributed by atoms with Crippen molar-refractivity contribution < 1.29 is 4.39 Å². The lowest BCUT2D eigenvalue weighted by Crippen LogP contribution is -2.20. The number of nitrogens with zero attached hydrogens (tertiary/aromatic N) is 5. The summed E-state index contributed by atoms with van der Waals surface area (Å²) in [5.74, 6) is -0.303. The Hall–Kier alpha value is -4.83. The van der Waals surface area contributed by atoms with Gasteiger partial charge in [-0.05, 0) is 69.9 Å². The minimum Gasteiger partial charge on any atom is -0.384 e. The van der Waals surface area contributed by atoms with Crippen LogP contribution < -0.4 is 10.6 Å². The fraction of sp³-hybridized carbons (Fsp3) is 0.226. The molecule has 0 fully saturated rings. The number of aromatic amines is 2. The molecular formula is C31H32FN9. The third-order valence-corrected chi connectivity index (χ3v) is 6.85. The van der Waals surface area contributed by atoms with Crippen LogP contribution in [-0.4, -0.2) is 68.3 Å². The van der Waals surface area contributed by atoms with Gasteiger partial charge in [-0.2, -0.15) is 5.10 Å². The molecule has 4 N–H and O–H groups in total. The molecule has 1 aromatic carbocycles. The maximum absolute atomic E-state index is 14.7. The molecule has 0 saturated heterocycles. The molecular weight excluding hydrogens is 517 g/mol. The number of rotatable bonds is 9. The van der Waals surface area contributed by atoms with E-state index in [-0.39, 0.29) is 5.82 Å². The van der Waals surface area contributed by atoms with E-state index in [0.29, 0.717) is 18.2 Å². The van der Waals surface area contributed by atoms with Gasteiger partial charge < -0.3 is 20.5 Å². The summed E-state index contributed by atoms with van der Waals surface area (Å²) in [5, 5.41) is 16.1. The van der Waals surface area contributed by atoms with Crippen molar-refractivity contribution in [2.24, 2.45) is 0 Å². The zero-order valence-electron chi connectivity index (χ0n) is 23.5. The number of benzene rings is 1. The molecule has 0 aliphatic carbocycles. The van der Waals surface area contributed by atoms with Crippen molar-refractivity contribution in [2.45, 2.75) is 19.9 Å². The molecule has 6 rings (SSSR count). The molecule has 0 saturated carbocycles. The third-order valence-electron chi connectivity index (χ3n) is 6.85. The maximum atomic E-state index is 14.7. The van der Waals surface area contributed by atoms with Crippen LogP contribution in [0.4, 0.5) is 15.8 Å². The van der Waals surface area contributed by atoms with E-state index in [4.69, 9.17) is 0 Å². The Morgan fingerprint density at radius 3 is 2.49 bits per heavy atom. The minimum atomic E-state index is -0.303. The Kier molecular flexibility index (Phi) is 7.07. The van der Waals surface area contributed by atoms with Crippen LogP contribution in [0, 0.1) is 5.82 Å². The normalized spacial score (nSPS) is 11.7. The Morgan fingerprint density at radius 2 is 1.66 bits per heavy atom. The van der Waals surface area contributed by atoms with Gasteiger partial charge in [0.1, 0.15) is 5.82 Å². The number of hydrogen-bond donors (Lipinski definition) is 4. The van der Waals surface area contributed by atoms with Gasteiger partial charge in [0, 0.05) is 77.1 Å². The number of hydrogen-bond acceptors (Lipinski definition) is 7. The van der Waals surface area contributed by atoms with Crippen LogP contribution in [0.25, 0.3) is 55.6 Å². The van der Waals surface area contributed by atoms with Gasteiger partial charge in [0.05, 0.1) is 28.8 Å². The number of likely N-dealkylation sites (N-methyl/N-ethyl adjacent to an activating group) is 1. The summed E-state index contributed by atoms with van der Waals surface area (Å²) in [7, 11) is 4.02. The second-order valence-corrected chi connectivity index (χ2v) is 10.7. The summed E-state index contributed by atoms with van der Waals surface area (Å²) < 4.78 is 14.7. The molecule has 6 aromatic rings. The highest BCUT2D eigenvalue weighted by molar-refractivity contribution is 6.01. The van der Waals surface area contributed by atoms with Crippen LogP contribution in [0.5, 0.6) is 0 Å². The van der Waals surface area contributed by atoms with Gasteiger partial charge >= 0.3 is 0 Å². The van der Waals surface area contributed by atoms with Crippen molar-refractivity contribution in [3.8, 4) is 33.6 Å². The average Bonchev–Trinajstić information content (AvgIpc) is 3.56. The highest BCUT2D eigenvalue weighted by atomic mass is 19.1. The molecule has 10 heteroatoms. The van der Waals surface area contributed by atoms with Crippen molar-refractivity contribution in [3.63, 3.8) is 0 Å². The Labute approximate surface area is 237 Å². The summed E-state index contributed by atoms with van der Waals surface area (Å²) in [5.41, 5.74) is 8.27. The first-order chi connectivity index (χ1) is 19.8. The van der Waals surface area contributed by atoms with Crippen LogP contribution in [0.2, 0.25) is 0 Å². The largest absolute Gasteiger partial charge is 0.384 e. The molecule has 0 amide bonds. The van der Waals surface area contributed by atoms with Crippen molar-refractivity contribution in [2.75, 3.05) is 37.8 Å². The highest BCUT2D eigenvalue weighted by Gasteiger charge is 2.16. The molecule has 0 aliphatic rings. The number of anilines is 2. The summed E-state index contributed by atoms with van der Waals surface area (Å²) in [4.78, 5) is 19.0. The van der Waals surface area contributed by atoms with Crippen LogP contribution >= 0.6 is 0 Å². The van der Waals surface area contributed by atoms with E-state index in [0.717, 1.165) is 67.9 Å². The van der Waals surface area contributed by atoms with Gasteiger partial charge in [-0.3, -0.25) is 15.1 Å². The lowest BCUT2D eigenvalue weighted by Gasteiger charge is -2.13. The highest BCUT2D eigenvalue weighted by Crippen LogP contribution is 2.35. The molecule has 0 unspecified atom stereocenters. The first-order valence-corrected chi connectivity index (χ1v) is 13.6. The summed E-state index contributed by atoms with van der Waals surface area (Å²) >= 11 is 0. The molecule has 9 nitrogen and oxygen atoms in total. The number of aromatic nitrogens is 6. The van der Waals surface area contributed by atoms with Gasteiger partial charge in [0.2, 0.25) is 0 Å². The fourth-order valence-corrected chi connectivity index (χ4v) is 4.96. The SMILES string of the molecule is CC(C)Nc1cncc(-c2cnc3n[nH]c(-c4cc5c(-c6cc(F)cc(NCCN(C)C)c6)cncc5[nH]4)c3c2)c1. The van der Waals surface area contributed by atoms with E-state index in [2.05, 4.69) is 71.6 Å². The zero-order chi connectivity index (χ0) is 28.5. The maximum Gasteiger partial charge on any atom is 0.181 e. The van der Waals surface area contributed by atoms with Crippen molar-refractivity contribution >= 4 is 33.3 Å². The lowest BCUT2D eigenvalue weighted by atomic mass is 10.0. The molecule has 0 aliphatic heterocycles. The van der Waals surface area contributed by atoms with Gasteiger partial charge in [-0.25, -0.2) is 9.37 Å². The average molecular weight is 550 g/mol. The minimum absolute atomic E-state index is 0.299. The predicted octanol–water partition coefficient (Wildman–Crippen LogP) is 6.16. The molecule has 208 valence electrons. The first-order valence-electron chi connectivity index (χ1n) is 13.6. The second-order valence-electron chi connectivity index (χ2n) is 10.7. The Bertz CT molecular complexity index is 1840. The lowest BCUT2D eigenvalue weighted by molar-refractivity contribution is 0.425. The molecule has 0 spiro atoms. The van der Waals surface area contributed by atoms with Crippen molar-refractivity contribution in [1.29, 1.82) is 0 Å². The van der Waals surface area contributed by atoms with E-state index in [1.54, 1.807) is 18.5 Å². The second kappa shape index (κ2) is 11.0. The monoisotopic (exact) mass is 549 g/mol. The van der Waals surface area contributed by atoms with Crippen molar-refractivity contribution in [3.05, 3.63) is 73.2 Å². The van der Waals surface area contributed by atoms with E-state index in [1.807, 2.05) is 44.8 Å². The van der Waals surface area contributed by atoms with Crippen LogP contribution in [-0.2, 0) is 0 Å². The van der Waals surface area contributed by atoms with Crippen LogP contribution in [0.15, 0.2) is 67.4 Å². The quantitative estimate of drug-likeness (QED) is 0.171.